The van der Waals surface area contributed by atoms with Gasteiger partial charge in [0.25, 0.3) is 0 Å². The van der Waals surface area contributed by atoms with Gasteiger partial charge in [-0.05, 0) is 19.3 Å². The number of fused-ring (bicyclic) bond motifs is 2. The van der Waals surface area contributed by atoms with E-state index in [0.29, 0.717) is 5.92 Å². The van der Waals surface area contributed by atoms with Gasteiger partial charge in [0.1, 0.15) is 0 Å². The summed E-state index contributed by atoms with van der Waals surface area (Å²) >= 11 is 0. The second kappa shape index (κ2) is 2.86. The van der Waals surface area contributed by atoms with Gasteiger partial charge in [-0.3, -0.25) is 0 Å². The fourth-order valence-electron chi connectivity index (χ4n) is 2.59. The summed E-state index contributed by atoms with van der Waals surface area (Å²) in [7, 11) is 0. The fraction of sp³-hybridized carbons (Fsp3) is 0.800. The summed E-state index contributed by atoms with van der Waals surface area (Å²) in [6, 6.07) is 0. The number of rotatable bonds is 1. The molecule has 0 radical (unpaired) electrons. The maximum absolute atomic E-state index is 9.93. The van der Waals surface area contributed by atoms with Gasteiger partial charge in [-0.15, -0.1) is 0 Å². The Bertz CT molecular complexity index is 200. The van der Waals surface area contributed by atoms with Gasteiger partial charge in [0.2, 0.25) is 0 Å². The van der Waals surface area contributed by atoms with E-state index in [9.17, 15) is 10.2 Å². The third-order valence-corrected chi connectivity index (χ3v) is 3.47. The summed E-state index contributed by atoms with van der Waals surface area (Å²) in [5.41, 5.74) is -0.197. The average Bonchev–Trinajstić information content (AvgIpc) is 2.05. The van der Waals surface area contributed by atoms with Crippen molar-refractivity contribution in [1.29, 1.82) is 0 Å². The van der Waals surface area contributed by atoms with Crippen molar-refractivity contribution in [2.75, 3.05) is 6.61 Å². The number of aliphatic hydroxyl groups excluding tert-OH is 2. The molecule has 3 atom stereocenters. The van der Waals surface area contributed by atoms with Crippen molar-refractivity contribution in [3.05, 3.63) is 12.2 Å². The van der Waals surface area contributed by atoms with Crippen LogP contribution >= 0.6 is 0 Å². The summed E-state index contributed by atoms with van der Waals surface area (Å²) in [5, 5.41) is 19.2. The Morgan fingerprint density at radius 2 is 2.33 bits per heavy atom. The van der Waals surface area contributed by atoms with Gasteiger partial charge in [0, 0.05) is 11.3 Å². The molecule has 0 aromatic heterocycles. The first-order valence-electron chi connectivity index (χ1n) is 4.74. The number of hydrogen-bond acceptors (Lipinski definition) is 2. The third kappa shape index (κ3) is 1.02. The average molecular weight is 168 g/mol. The number of hydrogen-bond donors (Lipinski definition) is 2. The minimum Gasteiger partial charge on any atom is -0.396 e. The first-order valence-corrected chi connectivity index (χ1v) is 4.74. The number of aliphatic hydroxyl groups is 2. The predicted molar refractivity (Wildman–Crippen MR) is 46.6 cm³/mol. The maximum Gasteiger partial charge on any atom is 0.0683 e. The van der Waals surface area contributed by atoms with E-state index in [1.807, 2.05) is 0 Å². The first-order chi connectivity index (χ1) is 5.78. The molecule has 2 N–H and O–H groups in total. The monoisotopic (exact) mass is 168 g/mol. The van der Waals surface area contributed by atoms with Crippen molar-refractivity contribution in [2.45, 2.75) is 31.8 Å². The third-order valence-electron chi connectivity index (χ3n) is 3.47. The maximum atomic E-state index is 9.93. The second-order valence-corrected chi connectivity index (χ2v) is 4.15. The highest BCUT2D eigenvalue weighted by Crippen LogP contribution is 2.45. The normalized spacial score (nSPS) is 46.2. The van der Waals surface area contributed by atoms with Crippen LogP contribution in [0.5, 0.6) is 0 Å². The Kier molecular flexibility index (Phi) is 1.97. The summed E-state index contributed by atoms with van der Waals surface area (Å²) in [4.78, 5) is 0. The Balaban J connectivity index is 2.26. The van der Waals surface area contributed by atoms with E-state index in [1.165, 1.54) is 0 Å². The van der Waals surface area contributed by atoms with Crippen LogP contribution in [0.25, 0.3) is 0 Å². The Hall–Kier alpha value is -0.340. The fourth-order valence-corrected chi connectivity index (χ4v) is 2.59. The molecule has 2 bridgehead atoms. The molecule has 0 aromatic carbocycles. The van der Waals surface area contributed by atoms with E-state index in [0.717, 1.165) is 25.7 Å². The van der Waals surface area contributed by atoms with Crippen molar-refractivity contribution in [3.8, 4) is 0 Å². The molecular formula is C10H16O2. The summed E-state index contributed by atoms with van der Waals surface area (Å²) in [6.07, 6.45) is 7.98. The van der Waals surface area contributed by atoms with Crippen LogP contribution in [0.3, 0.4) is 0 Å². The molecule has 0 aliphatic heterocycles. The SMILES string of the molecule is OC[C@]12CC=CC(CCC1)[C@@H]2O. The molecule has 68 valence electrons. The van der Waals surface area contributed by atoms with Crippen LogP contribution in [0.2, 0.25) is 0 Å². The van der Waals surface area contributed by atoms with E-state index >= 15 is 0 Å². The van der Waals surface area contributed by atoms with Crippen LogP contribution in [-0.4, -0.2) is 22.9 Å². The topological polar surface area (TPSA) is 40.5 Å². The summed E-state index contributed by atoms with van der Waals surface area (Å²) in [6.45, 7) is 0.134. The zero-order chi connectivity index (χ0) is 8.60. The van der Waals surface area contributed by atoms with Crippen LogP contribution in [0.1, 0.15) is 25.7 Å². The molecule has 0 spiro atoms. The lowest BCUT2D eigenvalue weighted by molar-refractivity contribution is -0.0732. The van der Waals surface area contributed by atoms with Gasteiger partial charge in [-0.2, -0.15) is 0 Å². The molecule has 1 fully saturated rings. The zero-order valence-electron chi connectivity index (χ0n) is 7.24. The van der Waals surface area contributed by atoms with Crippen LogP contribution in [0.4, 0.5) is 0 Å². The molecule has 2 aliphatic carbocycles. The predicted octanol–water partition coefficient (Wildman–Crippen LogP) is 1.09. The molecule has 2 nitrogen and oxygen atoms in total. The van der Waals surface area contributed by atoms with Gasteiger partial charge in [0.15, 0.2) is 0 Å². The van der Waals surface area contributed by atoms with Gasteiger partial charge < -0.3 is 10.2 Å². The lowest BCUT2D eigenvalue weighted by atomic mass is 9.63. The molecule has 0 aromatic rings. The van der Waals surface area contributed by atoms with Gasteiger partial charge in [-0.1, -0.05) is 18.6 Å². The highest BCUT2D eigenvalue weighted by Gasteiger charge is 2.44. The lowest BCUT2D eigenvalue weighted by Gasteiger charge is -2.45. The van der Waals surface area contributed by atoms with Gasteiger partial charge in [0.05, 0.1) is 12.7 Å². The van der Waals surface area contributed by atoms with Crippen LogP contribution in [0.15, 0.2) is 12.2 Å². The largest absolute Gasteiger partial charge is 0.396 e. The van der Waals surface area contributed by atoms with Crippen LogP contribution < -0.4 is 0 Å². The molecule has 0 amide bonds. The van der Waals surface area contributed by atoms with E-state index in [2.05, 4.69) is 12.2 Å². The van der Waals surface area contributed by atoms with E-state index in [-0.39, 0.29) is 18.1 Å². The standard InChI is InChI=1S/C10H16O2/c11-7-10-5-1-3-8(9(10)12)4-2-6-10/h1,3,8-9,11-12H,2,4-7H2/t8?,9-,10-/m0/s1. The smallest absolute Gasteiger partial charge is 0.0683 e. The van der Waals surface area contributed by atoms with Gasteiger partial charge >= 0.3 is 0 Å². The quantitative estimate of drug-likeness (QED) is 0.575. The van der Waals surface area contributed by atoms with Gasteiger partial charge in [-0.25, -0.2) is 0 Å². The molecule has 1 unspecified atom stereocenters. The molecule has 0 saturated heterocycles. The van der Waals surface area contributed by atoms with E-state index < -0.39 is 0 Å². The molecule has 2 heteroatoms. The van der Waals surface area contributed by atoms with Crippen molar-refractivity contribution in [3.63, 3.8) is 0 Å². The molecular weight excluding hydrogens is 152 g/mol. The van der Waals surface area contributed by atoms with Crippen molar-refractivity contribution in [2.24, 2.45) is 11.3 Å². The van der Waals surface area contributed by atoms with Crippen LogP contribution in [0, 0.1) is 11.3 Å². The van der Waals surface area contributed by atoms with Crippen molar-refractivity contribution >= 4 is 0 Å². The minimum absolute atomic E-state index is 0.134. The molecule has 2 aliphatic rings. The first kappa shape index (κ1) is 8.27. The summed E-state index contributed by atoms with van der Waals surface area (Å²) < 4.78 is 0. The van der Waals surface area contributed by atoms with Crippen molar-refractivity contribution in [1.82, 2.24) is 0 Å². The molecule has 1 saturated carbocycles. The highest BCUT2D eigenvalue weighted by molar-refractivity contribution is 5.09. The summed E-state index contributed by atoms with van der Waals surface area (Å²) in [5.74, 6) is 0.305. The Morgan fingerprint density at radius 3 is 3.00 bits per heavy atom. The number of allylic oxidation sites excluding steroid dienone is 1. The minimum atomic E-state index is -0.304. The zero-order valence-corrected chi connectivity index (χ0v) is 7.24. The lowest BCUT2D eigenvalue weighted by Crippen LogP contribution is -2.47. The molecule has 0 heterocycles. The highest BCUT2D eigenvalue weighted by atomic mass is 16.3. The molecule has 12 heavy (non-hydrogen) atoms. The van der Waals surface area contributed by atoms with E-state index in [4.69, 9.17) is 0 Å². The van der Waals surface area contributed by atoms with E-state index in [1.54, 1.807) is 0 Å². The second-order valence-electron chi connectivity index (χ2n) is 4.15. The Morgan fingerprint density at radius 1 is 1.50 bits per heavy atom. The Labute approximate surface area is 72.9 Å². The van der Waals surface area contributed by atoms with Crippen LogP contribution in [-0.2, 0) is 0 Å². The molecule has 2 rings (SSSR count). The van der Waals surface area contributed by atoms with Crippen molar-refractivity contribution < 1.29 is 10.2 Å².